The van der Waals surface area contributed by atoms with Gasteiger partial charge in [-0.1, -0.05) is 11.2 Å². The van der Waals surface area contributed by atoms with Gasteiger partial charge in [0.1, 0.15) is 12.7 Å². The van der Waals surface area contributed by atoms with Crippen LogP contribution in [0.4, 0.5) is 5.82 Å². The Morgan fingerprint density at radius 1 is 1.53 bits per heavy atom. The molecule has 9 heteroatoms. The number of ether oxygens (including phenoxy) is 1. The molecule has 0 radical (unpaired) electrons. The monoisotopic (exact) mass is 301 g/mol. The Balaban J connectivity index is 2.06. The van der Waals surface area contributed by atoms with Gasteiger partial charge >= 0.3 is 0 Å². The van der Waals surface area contributed by atoms with Gasteiger partial charge < -0.3 is 13.9 Å². The summed E-state index contributed by atoms with van der Waals surface area (Å²) >= 11 is 5.60. The van der Waals surface area contributed by atoms with E-state index in [-0.39, 0.29) is 6.35 Å². The molecule has 102 valence electrons. The molecule has 0 saturated carbocycles. The number of aliphatic imine (C=N–C) groups is 1. The van der Waals surface area contributed by atoms with Crippen molar-refractivity contribution in [3.63, 3.8) is 0 Å². The van der Waals surface area contributed by atoms with Gasteiger partial charge in [-0.3, -0.25) is 0 Å². The molecule has 0 bridgehead atoms. The second-order valence-corrected chi connectivity index (χ2v) is 8.36. The third-order valence-corrected chi connectivity index (χ3v) is 3.27. The van der Waals surface area contributed by atoms with Crippen LogP contribution in [0.15, 0.2) is 17.6 Å². The summed E-state index contributed by atoms with van der Waals surface area (Å²) in [5.41, 5.74) is 1.25. The molecule has 2 aromatic rings. The molecule has 0 aliphatic heterocycles. The molecule has 0 N–H and O–H groups in total. The topological polar surface area (TPSA) is 82.3 Å². The van der Waals surface area contributed by atoms with E-state index in [0.717, 1.165) is 0 Å². The minimum Gasteiger partial charge on any atom is -0.371 e. The largest absolute Gasteiger partial charge is 0.371 e. The first-order valence-electron chi connectivity index (χ1n) is 5.48. The van der Waals surface area contributed by atoms with Gasteiger partial charge in [0.2, 0.25) is 0 Å². The van der Waals surface area contributed by atoms with Crippen molar-refractivity contribution in [3.05, 3.63) is 12.7 Å². The summed E-state index contributed by atoms with van der Waals surface area (Å²) in [5.74, 6) is 0.448. The molecule has 0 saturated heterocycles. The number of nitrogens with zero attached hydrogens (tertiary/aromatic N) is 5. The van der Waals surface area contributed by atoms with Crippen molar-refractivity contribution < 1.29 is 9.30 Å². The van der Waals surface area contributed by atoms with E-state index in [2.05, 4.69) is 26.7 Å². The van der Waals surface area contributed by atoms with Gasteiger partial charge in [0.15, 0.2) is 23.5 Å². The maximum absolute atomic E-state index is 11.3. The highest BCUT2D eigenvalue weighted by molar-refractivity contribution is 7.88. The van der Waals surface area contributed by atoms with Crippen LogP contribution in [0.5, 0.6) is 0 Å². The molecule has 0 fully saturated rings. The van der Waals surface area contributed by atoms with E-state index in [0.29, 0.717) is 30.1 Å². The second-order valence-electron chi connectivity index (χ2n) is 3.99. The normalized spacial score (nSPS) is 14.4. The van der Waals surface area contributed by atoms with E-state index in [1.807, 2.05) is 0 Å². The fourth-order valence-electron chi connectivity index (χ4n) is 1.54. The summed E-state index contributed by atoms with van der Waals surface area (Å²) in [6, 6.07) is 0. The summed E-state index contributed by atoms with van der Waals surface area (Å²) in [6.45, 7) is 3.15. The Morgan fingerprint density at radius 2 is 2.32 bits per heavy atom. The van der Waals surface area contributed by atoms with Gasteiger partial charge in [-0.15, -0.1) is 0 Å². The smallest absolute Gasteiger partial charge is 0.190 e. The lowest BCUT2D eigenvalue weighted by Gasteiger charge is -2.07. The van der Waals surface area contributed by atoms with Gasteiger partial charge in [-0.2, -0.15) is 0 Å². The summed E-state index contributed by atoms with van der Waals surface area (Å²) in [7, 11) is 0. The fourth-order valence-corrected chi connectivity index (χ4v) is 2.20. The summed E-state index contributed by atoms with van der Waals surface area (Å²) < 4.78 is 18.3. The highest BCUT2D eigenvalue weighted by Gasteiger charge is 2.11. The number of halogens is 1. The van der Waals surface area contributed by atoms with E-state index >= 15 is 0 Å². The van der Waals surface area contributed by atoms with E-state index in [1.165, 1.54) is 13.0 Å². The van der Waals surface area contributed by atoms with Crippen LogP contribution >= 0.6 is 17.7 Å². The first-order chi connectivity index (χ1) is 9.01. The number of hydrogen-bond acceptors (Lipinski definition) is 6. The van der Waals surface area contributed by atoms with E-state index in [9.17, 15) is 4.57 Å². The number of rotatable bonds is 6. The Kier molecular flexibility index (Phi) is 4.29. The second kappa shape index (κ2) is 5.77. The van der Waals surface area contributed by atoms with Gasteiger partial charge in [0.05, 0.1) is 12.9 Å². The maximum atomic E-state index is 11.3. The van der Waals surface area contributed by atoms with Gasteiger partial charge in [0.25, 0.3) is 0 Å². The van der Waals surface area contributed by atoms with E-state index in [4.69, 9.17) is 16.0 Å². The predicted molar refractivity (Wildman–Crippen MR) is 74.7 cm³/mol. The molecule has 0 spiro atoms. The molecular formula is C10H13ClN5O2P. The fraction of sp³-hybridized carbons (Fsp3) is 0.400. The minimum atomic E-state index is -2.66. The van der Waals surface area contributed by atoms with Gasteiger partial charge in [-0.05, 0) is 6.72 Å². The average molecular weight is 302 g/mol. The molecule has 1 atom stereocenters. The standard InChI is InChI=1S/C10H13ClN5O2P/c1-12-9-8-10(14-5-13-9)16(6-15-8)3-4-18-7-19(2,11)17/h5-6H,1,3-4,7H2,2H3. The third kappa shape index (κ3) is 3.59. The number of imidazole rings is 1. The van der Waals surface area contributed by atoms with Crippen molar-refractivity contribution in [2.75, 3.05) is 19.6 Å². The Morgan fingerprint density at radius 3 is 3.00 bits per heavy atom. The third-order valence-electron chi connectivity index (χ3n) is 2.33. The van der Waals surface area contributed by atoms with Crippen LogP contribution in [0.1, 0.15) is 0 Å². The molecule has 7 nitrogen and oxygen atoms in total. The quantitative estimate of drug-likeness (QED) is 0.464. The molecule has 2 rings (SSSR count). The average Bonchev–Trinajstić information content (AvgIpc) is 2.76. The number of aromatic nitrogens is 4. The van der Waals surface area contributed by atoms with Gasteiger partial charge in [0, 0.05) is 13.2 Å². The Bertz CT molecular complexity index is 638. The van der Waals surface area contributed by atoms with Crippen LogP contribution in [0.2, 0.25) is 0 Å². The van der Waals surface area contributed by atoms with E-state index in [1.54, 1.807) is 10.9 Å². The predicted octanol–water partition coefficient (Wildman–Crippen LogP) is 2.28. The zero-order valence-electron chi connectivity index (χ0n) is 10.4. The lowest BCUT2D eigenvalue weighted by atomic mass is 10.5. The Labute approximate surface area is 114 Å². The van der Waals surface area contributed by atoms with Crippen molar-refractivity contribution in [1.29, 1.82) is 0 Å². The maximum Gasteiger partial charge on any atom is 0.190 e. The molecule has 2 heterocycles. The zero-order chi connectivity index (χ0) is 13.9. The molecule has 2 aromatic heterocycles. The highest BCUT2D eigenvalue weighted by Crippen LogP contribution is 2.46. The number of fused-ring (bicyclic) bond motifs is 1. The Hall–Kier alpha value is -1.30. The van der Waals surface area contributed by atoms with Crippen LogP contribution in [0.25, 0.3) is 11.2 Å². The van der Waals surface area contributed by atoms with Crippen molar-refractivity contribution in [2.45, 2.75) is 6.54 Å². The molecule has 1 unspecified atom stereocenters. The summed E-state index contributed by atoms with van der Waals surface area (Å²) in [6.07, 6.45) is 3.09. The molecular weight excluding hydrogens is 289 g/mol. The van der Waals surface area contributed by atoms with Crippen molar-refractivity contribution in [3.8, 4) is 0 Å². The summed E-state index contributed by atoms with van der Waals surface area (Å²) in [5, 5.41) is 0. The lowest BCUT2D eigenvalue weighted by Crippen LogP contribution is -2.06. The molecule has 0 amide bonds. The first kappa shape index (κ1) is 14.1. The SMILES string of the molecule is C=Nc1ncnc2c1ncn2CCOCP(C)(=O)Cl. The van der Waals surface area contributed by atoms with Gasteiger partial charge in [-0.25, -0.2) is 19.9 Å². The highest BCUT2D eigenvalue weighted by atomic mass is 35.7. The van der Waals surface area contributed by atoms with Crippen molar-refractivity contribution >= 4 is 41.4 Å². The first-order valence-corrected chi connectivity index (χ1v) is 8.72. The van der Waals surface area contributed by atoms with E-state index < -0.39 is 6.49 Å². The molecule has 19 heavy (non-hydrogen) atoms. The molecule has 0 aliphatic rings. The van der Waals surface area contributed by atoms with Crippen molar-refractivity contribution in [2.24, 2.45) is 4.99 Å². The summed E-state index contributed by atoms with van der Waals surface area (Å²) in [4.78, 5) is 16.1. The van der Waals surface area contributed by atoms with Crippen molar-refractivity contribution in [1.82, 2.24) is 19.5 Å². The minimum absolute atomic E-state index is 0.0512. The van der Waals surface area contributed by atoms with Crippen LogP contribution in [-0.4, -0.2) is 45.9 Å². The van der Waals surface area contributed by atoms with Crippen LogP contribution in [0.3, 0.4) is 0 Å². The molecule has 0 aromatic carbocycles. The van der Waals surface area contributed by atoms with Crippen LogP contribution in [-0.2, 0) is 15.8 Å². The molecule has 0 aliphatic carbocycles. The van der Waals surface area contributed by atoms with Crippen LogP contribution in [0, 0.1) is 0 Å². The zero-order valence-corrected chi connectivity index (χ0v) is 12.0. The van der Waals surface area contributed by atoms with Crippen LogP contribution < -0.4 is 0 Å². The lowest BCUT2D eigenvalue weighted by molar-refractivity contribution is 0.168. The number of hydrogen-bond donors (Lipinski definition) is 0.